The molecule has 0 spiro atoms. The molecule has 0 fully saturated rings. The molecule has 1 heterocycles. The van der Waals surface area contributed by atoms with Gasteiger partial charge in [-0.15, -0.1) is 0 Å². The summed E-state index contributed by atoms with van der Waals surface area (Å²) < 4.78 is 5.41. The quantitative estimate of drug-likeness (QED) is 0.855. The van der Waals surface area contributed by atoms with E-state index in [1.54, 1.807) is 7.11 Å². The van der Waals surface area contributed by atoms with Gasteiger partial charge >= 0.3 is 0 Å². The maximum atomic E-state index is 6.01. The van der Waals surface area contributed by atoms with E-state index in [0.29, 0.717) is 17.6 Å². The number of nitrogen functional groups attached to an aromatic ring is 1. The Balaban J connectivity index is 3.12. The predicted octanol–water partition coefficient (Wildman–Crippen LogP) is 2.98. The highest BCUT2D eigenvalue weighted by Gasteiger charge is 2.18. The molecule has 1 rings (SSSR count). The number of nitrogens with zero attached hydrogens (tertiary/aromatic N) is 2. The van der Waals surface area contributed by atoms with Crippen LogP contribution >= 0.6 is 0 Å². The van der Waals surface area contributed by atoms with Gasteiger partial charge in [0.15, 0.2) is 5.82 Å². The third-order valence-electron chi connectivity index (χ3n) is 2.88. The van der Waals surface area contributed by atoms with Crippen LogP contribution in [0.4, 0.5) is 5.82 Å². The van der Waals surface area contributed by atoms with Gasteiger partial charge in [0.05, 0.1) is 0 Å². The zero-order valence-electron chi connectivity index (χ0n) is 11.4. The number of hydrogen-bond donors (Lipinski definition) is 1. The lowest BCUT2D eigenvalue weighted by atomic mass is 10.0. The van der Waals surface area contributed by atoms with Crippen LogP contribution in [0.5, 0.6) is 0 Å². The highest BCUT2D eigenvalue weighted by molar-refractivity contribution is 5.44. The molecule has 4 nitrogen and oxygen atoms in total. The SMILES string of the molecule is CCCC(OC)c1nc(C)c(C(C)C)c(N)n1. The number of hydrogen-bond acceptors (Lipinski definition) is 4. The van der Waals surface area contributed by atoms with E-state index in [9.17, 15) is 0 Å². The first-order valence-electron chi connectivity index (χ1n) is 6.17. The number of aromatic nitrogens is 2. The lowest BCUT2D eigenvalue weighted by Gasteiger charge is -2.17. The predicted molar refractivity (Wildman–Crippen MR) is 69.9 cm³/mol. The summed E-state index contributed by atoms with van der Waals surface area (Å²) in [4.78, 5) is 8.92. The zero-order chi connectivity index (χ0) is 13.0. The summed E-state index contributed by atoms with van der Waals surface area (Å²) in [6.45, 7) is 8.30. The van der Waals surface area contributed by atoms with Crippen LogP contribution in [0.15, 0.2) is 0 Å². The molecule has 1 aromatic heterocycles. The van der Waals surface area contributed by atoms with Gasteiger partial charge in [-0.1, -0.05) is 27.2 Å². The standard InChI is InChI=1S/C13H23N3O/c1-6-7-10(17-5)13-15-9(4)11(8(2)3)12(14)16-13/h8,10H,6-7H2,1-5H3,(H2,14,15,16). The first-order valence-corrected chi connectivity index (χ1v) is 6.17. The van der Waals surface area contributed by atoms with Crippen LogP contribution in [0, 0.1) is 6.92 Å². The highest BCUT2D eigenvalue weighted by atomic mass is 16.5. The van der Waals surface area contributed by atoms with Crippen molar-refractivity contribution < 1.29 is 4.74 Å². The van der Waals surface area contributed by atoms with E-state index in [2.05, 4.69) is 30.7 Å². The van der Waals surface area contributed by atoms with Gasteiger partial charge in [0.25, 0.3) is 0 Å². The average Bonchev–Trinajstić information content (AvgIpc) is 2.24. The molecule has 0 aliphatic heterocycles. The van der Waals surface area contributed by atoms with E-state index in [-0.39, 0.29) is 6.10 Å². The second kappa shape index (κ2) is 5.96. The fourth-order valence-electron chi connectivity index (χ4n) is 2.10. The Morgan fingerprint density at radius 1 is 1.29 bits per heavy atom. The smallest absolute Gasteiger partial charge is 0.159 e. The Labute approximate surface area is 104 Å². The molecule has 1 unspecified atom stereocenters. The number of nitrogens with two attached hydrogens (primary N) is 1. The van der Waals surface area contributed by atoms with Crippen LogP contribution in [-0.2, 0) is 4.74 Å². The van der Waals surface area contributed by atoms with E-state index in [1.807, 2.05) is 6.92 Å². The highest BCUT2D eigenvalue weighted by Crippen LogP contribution is 2.26. The van der Waals surface area contributed by atoms with Gasteiger partial charge < -0.3 is 10.5 Å². The van der Waals surface area contributed by atoms with Crippen molar-refractivity contribution in [1.82, 2.24) is 9.97 Å². The zero-order valence-corrected chi connectivity index (χ0v) is 11.4. The number of methoxy groups -OCH3 is 1. The minimum atomic E-state index is -0.0535. The molecule has 0 aromatic carbocycles. The second-order valence-electron chi connectivity index (χ2n) is 4.63. The molecule has 0 bridgehead atoms. The molecule has 0 radical (unpaired) electrons. The topological polar surface area (TPSA) is 61.0 Å². The lowest BCUT2D eigenvalue weighted by molar-refractivity contribution is 0.0875. The minimum absolute atomic E-state index is 0.0535. The maximum absolute atomic E-state index is 6.01. The molecule has 2 N–H and O–H groups in total. The lowest BCUT2D eigenvalue weighted by Crippen LogP contribution is -2.13. The number of aryl methyl sites for hydroxylation is 1. The van der Waals surface area contributed by atoms with Crippen molar-refractivity contribution in [1.29, 1.82) is 0 Å². The van der Waals surface area contributed by atoms with Crippen LogP contribution in [0.1, 0.15) is 62.7 Å². The number of anilines is 1. The second-order valence-corrected chi connectivity index (χ2v) is 4.63. The normalized spacial score (nSPS) is 13.1. The molecule has 1 atom stereocenters. The molecule has 17 heavy (non-hydrogen) atoms. The van der Waals surface area contributed by atoms with Crippen LogP contribution < -0.4 is 5.73 Å². The van der Waals surface area contributed by atoms with Crippen LogP contribution in [0.2, 0.25) is 0 Å². The maximum Gasteiger partial charge on any atom is 0.159 e. The van der Waals surface area contributed by atoms with E-state index in [0.717, 1.165) is 24.1 Å². The van der Waals surface area contributed by atoms with Crippen LogP contribution in [-0.4, -0.2) is 17.1 Å². The van der Waals surface area contributed by atoms with Crippen molar-refractivity contribution in [3.8, 4) is 0 Å². The molecule has 96 valence electrons. The van der Waals surface area contributed by atoms with Crippen molar-refractivity contribution in [3.05, 3.63) is 17.1 Å². The molecule has 4 heteroatoms. The largest absolute Gasteiger partial charge is 0.383 e. The Hall–Kier alpha value is -1.16. The summed E-state index contributed by atoms with van der Waals surface area (Å²) in [7, 11) is 1.69. The molecule has 0 amide bonds. The van der Waals surface area contributed by atoms with Gasteiger partial charge in [-0.2, -0.15) is 0 Å². The van der Waals surface area contributed by atoms with Crippen LogP contribution in [0.3, 0.4) is 0 Å². The molecule has 0 aliphatic carbocycles. The molecule has 0 aliphatic rings. The molecular formula is C13H23N3O. The van der Waals surface area contributed by atoms with Crippen molar-refractivity contribution in [2.75, 3.05) is 12.8 Å². The summed E-state index contributed by atoms with van der Waals surface area (Å²) in [5.41, 5.74) is 8.01. The van der Waals surface area contributed by atoms with E-state index >= 15 is 0 Å². The molecule has 0 saturated carbocycles. The van der Waals surface area contributed by atoms with Crippen molar-refractivity contribution >= 4 is 5.82 Å². The van der Waals surface area contributed by atoms with Crippen molar-refractivity contribution in [2.24, 2.45) is 0 Å². The van der Waals surface area contributed by atoms with Gasteiger partial charge in [-0.25, -0.2) is 9.97 Å². The Kier molecular flexibility index (Phi) is 4.87. The Morgan fingerprint density at radius 3 is 2.35 bits per heavy atom. The van der Waals surface area contributed by atoms with Gasteiger partial charge in [0.1, 0.15) is 11.9 Å². The summed E-state index contributed by atoms with van der Waals surface area (Å²) in [5.74, 6) is 1.63. The van der Waals surface area contributed by atoms with Gasteiger partial charge in [-0.05, 0) is 19.3 Å². The summed E-state index contributed by atoms with van der Waals surface area (Å²) in [6.07, 6.45) is 1.89. The molecular weight excluding hydrogens is 214 g/mol. The molecule has 1 aromatic rings. The fraction of sp³-hybridized carbons (Fsp3) is 0.692. The van der Waals surface area contributed by atoms with E-state index in [1.165, 1.54) is 0 Å². The van der Waals surface area contributed by atoms with Gasteiger partial charge in [-0.3, -0.25) is 0 Å². The molecule has 0 saturated heterocycles. The first kappa shape index (κ1) is 13.9. The Morgan fingerprint density at radius 2 is 1.94 bits per heavy atom. The summed E-state index contributed by atoms with van der Waals surface area (Å²) in [6, 6.07) is 0. The Bertz CT molecular complexity index is 354. The summed E-state index contributed by atoms with van der Waals surface area (Å²) in [5, 5.41) is 0. The third-order valence-corrected chi connectivity index (χ3v) is 2.88. The van der Waals surface area contributed by atoms with E-state index in [4.69, 9.17) is 10.5 Å². The summed E-state index contributed by atoms with van der Waals surface area (Å²) >= 11 is 0. The van der Waals surface area contributed by atoms with Crippen LogP contribution in [0.25, 0.3) is 0 Å². The average molecular weight is 237 g/mol. The van der Waals surface area contributed by atoms with Crippen molar-refractivity contribution in [3.63, 3.8) is 0 Å². The van der Waals surface area contributed by atoms with Gasteiger partial charge in [0, 0.05) is 18.4 Å². The number of rotatable bonds is 5. The fourth-order valence-corrected chi connectivity index (χ4v) is 2.10. The third kappa shape index (κ3) is 3.16. The van der Waals surface area contributed by atoms with Gasteiger partial charge in [0.2, 0.25) is 0 Å². The number of ether oxygens (including phenoxy) is 1. The monoisotopic (exact) mass is 237 g/mol. The first-order chi connectivity index (χ1) is 8.01. The minimum Gasteiger partial charge on any atom is -0.383 e. The van der Waals surface area contributed by atoms with E-state index < -0.39 is 0 Å². The van der Waals surface area contributed by atoms with Crippen molar-refractivity contribution in [2.45, 2.75) is 52.6 Å².